The van der Waals surface area contributed by atoms with Crippen LogP contribution in [-0.2, 0) is 28.2 Å². The number of ether oxygens (including phenoxy) is 3. The number of fused-ring (bicyclic) bond motifs is 6. The summed E-state index contributed by atoms with van der Waals surface area (Å²) < 4.78 is 38.9. The van der Waals surface area contributed by atoms with E-state index in [1.165, 1.54) is 0 Å². The van der Waals surface area contributed by atoms with Gasteiger partial charge in [-0.25, -0.2) is 0 Å². The highest BCUT2D eigenvalue weighted by atomic mass is 28.4. The maximum Gasteiger partial charge on any atom is 0.266 e. The second-order valence-electron chi connectivity index (χ2n) is 19.8. The molecular weight excluding hydrogens is 952 g/mol. The van der Waals surface area contributed by atoms with Crippen molar-refractivity contribution < 1.29 is 37.8 Å². The van der Waals surface area contributed by atoms with Crippen LogP contribution in [0.1, 0.15) is 62.4 Å². The lowest BCUT2D eigenvalue weighted by Crippen LogP contribution is -2.45. The maximum atomic E-state index is 17.3. The number of aliphatic hydroxyl groups excluding tert-OH is 1. The number of aliphatic hydroxyl groups is 1. The van der Waals surface area contributed by atoms with Gasteiger partial charge < -0.3 is 28.3 Å². The van der Waals surface area contributed by atoms with Crippen molar-refractivity contribution in [2.24, 2.45) is 5.92 Å². The van der Waals surface area contributed by atoms with E-state index in [2.05, 4.69) is 10.3 Å². The molecule has 0 bridgehead atoms. The van der Waals surface area contributed by atoms with Crippen molar-refractivity contribution in [2.75, 3.05) is 21.3 Å². The molecule has 4 aliphatic heterocycles. The highest BCUT2D eigenvalue weighted by molar-refractivity contribution is 6.72. The molecule has 4 aliphatic rings. The number of para-hydroxylation sites is 6. The summed E-state index contributed by atoms with van der Waals surface area (Å²) in [6.07, 6.45) is 1.38. The van der Waals surface area contributed by atoms with E-state index in [-0.39, 0.29) is 36.8 Å². The first-order chi connectivity index (χ1) is 35.9. The fraction of sp³-hybridized carbons (Fsp3) is 0.203. The number of aromatic nitrogens is 3. The highest BCUT2D eigenvalue weighted by Gasteiger charge is 2.67. The van der Waals surface area contributed by atoms with Crippen LogP contribution in [0.2, 0.25) is 18.6 Å². The van der Waals surface area contributed by atoms with E-state index >= 15 is 8.90 Å². The molecule has 5 heterocycles. The van der Waals surface area contributed by atoms with Crippen LogP contribution in [0.3, 0.4) is 0 Å². The Labute approximate surface area is 428 Å². The molecule has 3 amide bonds. The molecule has 1 spiro atoms. The zero-order valence-electron chi connectivity index (χ0n) is 40.8. The smallest absolute Gasteiger partial charge is 0.266 e. The average Bonchev–Trinajstić information content (AvgIpc) is 4.01. The molecule has 0 saturated carbocycles. The van der Waals surface area contributed by atoms with Gasteiger partial charge in [0, 0.05) is 41.1 Å². The molecular formula is C59H51FN6O7Si. The molecule has 13 nitrogen and oxygen atoms in total. The normalized spacial score (nSPS) is 20.2. The molecule has 12 rings (SSSR count). The minimum atomic E-state index is -3.64. The van der Waals surface area contributed by atoms with Gasteiger partial charge in [0.25, 0.3) is 17.7 Å². The van der Waals surface area contributed by atoms with Crippen LogP contribution in [0.25, 0.3) is 0 Å². The lowest BCUT2D eigenvalue weighted by atomic mass is 9.82. The lowest BCUT2D eigenvalue weighted by molar-refractivity contribution is -0.146. The number of carbonyl (C=O) groups excluding carboxylic acids is 3. The second kappa shape index (κ2) is 18.4. The number of hydrogen-bond donors (Lipinski definition) is 1. The van der Waals surface area contributed by atoms with Crippen molar-refractivity contribution in [3.63, 3.8) is 0 Å². The van der Waals surface area contributed by atoms with Gasteiger partial charge in [-0.05, 0) is 110 Å². The molecule has 1 N–H and O–H groups in total. The predicted octanol–water partition coefficient (Wildman–Crippen LogP) is 12.0. The molecule has 7 aromatic carbocycles. The van der Waals surface area contributed by atoms with E-state index in [1.807, 2.05) is 140 Å². The fourth-order valence-corrected chi connectivity index (χ4v) is 14.1. The second-order valence-corrected chi connectivity index (χ2v) is 23.6. The number of nitrogens with zero attached hydrogens (tertiary/aromatic N) is 6. The van der Waals surface area contributed by atoms with E-state index < -0.39 is 31.6 Å². The standard InChI is InChI=1S/C59H51FN6O7Si/c1-37-55(74(2,3)60)54(30-31-63-35-46(61-62-63)44(36-67)39-17-5-4-6-18-39)73-59(37)45-33-41(66-49-23-10-14-27-53(49)72-51-25-12-8-21-43(51)57(66)69)28-29-47(45)64(58(59)70)34-38-16-15-19-40(32-38)65-48-22-9-13-26-52(48)71-50-24-11-7-20-42(50)56(65)68/h4-29,32-33,35,37,44,54-55,67H,30-31,34,36H2,1-3H3/t37-,44?,54+,55-,59+/m1/s1. The van der Waals surface area contributed by atoms with Gasteiger partial charge in [-0.15, -0.1) is 5.10 Å². The number of hydrogen-bond acceptors (Lipinski definition) is 9. The molecule has 1 saturated heterocycles. The van der Waals surface area contributed by atoms with Crippen molar-refractivity contribution in [3.05, 3.63) is 210 Å². The highest BCUT2D eigenvalue weighted by Crippen LogP contribution is 2.61. The molecule has 8 aromatic rings. The summed E-state index contributed by atoms with van der Waals surface area (Å²) in [5.74, 6) is -0.168. The Kier molecular flexibility index (Phi) is 11.6. The molecule has 1 aromatic heterocycles. The zero-order valence-corrected chi connectivity index (χ0v) is 41.8. The predicted molar refractivity (Wildman–Crippen MR) is 281 cm³/mol. The topological polar surface area (TPSA) is 140 Å². The largest absolute Gasteiger partial charge is 0.454 e. The Hall–Kier alpha value is -8.24. The van der Waals surface area contributed by atoms with Crippen LogP contribution >= 0.6 is 0 Å². The monoisotopic (exact) mass is 1000 g/mol. The van der Waals surface area contributed by atoms with Crippen molar-refractivity contribution in [1.82, 2.24) is 15.0 Å². The van der Waals surface area contributed by atoms with Crippen LogP contribution in [0.5, 0.6) is 23.0 Å². The first-order valence-electron chi connectivity index (χ1n) is 24.8. The molecule has 74 heavy (non-hydrogen) atoms. The quantitative estimate of drug-likeness (QED) is 0.0990. The SMILES string of the molecule is C[C@@H]1[C@@H]([Si](C)(C)F)[C@H](CCn2cc(C(CO)c3ccccc3)nn2)O[C@@]12C(=O)N(Cc1cccc(N3C(=O)c4ccccc4Oc4ccccc43)c1)c1ccc(N3C(=O)c4ccccc4Oc4ccccc43)cc12. The number of anilines is 5. The van der Waals surface area contributed by atoms with Crippen molar-refractivity contribution in [3.8, 4) is 23.0 Å². The van der Waals surface area contributed by atoms with Crippen LogP contribution in [0.15, 0.2) is 176 Å². The molecule has 1 fully saturated rings. The van der Waals surface area contributed by atoms with Crippen molar-refractivity contribution in [2.45, 2.75) is 62.7 Å². The first-order valence-corrected chi connectivity index (χ1v) is 27.8. The Balaban J connectivity index is 0.947. The van der Waals surface area contributed by atoms with Gasteiger partial charge in [0.05, 0.1) is 59.1 Å². The minimum absolute atomic E-state index is 0.0707. The number of aryl methyl sites for hydroxylation is 1. The minimum Gasteiger partial charge on any atom is -0.454 e. The van der Waals surface area contributed by atoms with Gasteiger partial charge in [-0.1, -0.05) is 103 Å². The number of amides is 3. The van der Waals surface area contributed by atoms with E-state index in [0.29, 0.717) is 86.8 Å². The summed E-state index contributed by atoms with van der Waals surface area (Å²) in [6, 6.07) is 51.6. The van der Waals surface area contributed by atoms with E-state index in [1.54, 1.807) is 75.1 Å². The Morgan fingerprint density at radius 1 is 0.676 bits per heavy atom. The van der Waals surface area contributed by atoms with Crippen molar-refractivity contribution in [1.29, 1.82) is 0 Å². The average molecular weight is 1000 g/mol. The Bertz CT molecular complexity index is 3510. The van der Waals surface area contributed by atoms with Crippen LogP contribution in [0.4, 0.5) is 32.5 Å². The Morgan fingerprint density at radius 3 is 1.88 bits per heavy atom. The summed E-state index contributed by atoms with van der Waals surface area (Å²) in [4.78, 5) is 50.2. The van der Waals surface area contributed by atoms with Gasteiger partial charge in [0.15, 0.2) is 17.1 Å². The van der Waals surface area contributed by atoms with E-state index in [9.17, 15) is 14.7 Å². The third-order valence-electron chi connectivity index (χ3n) is 14.9. The maximum absolute atomic E-state index is 17.3. The molecule has 5 atom stereocenters. The molecule has 0 aliphatic carbocycles. The molecule has 1 unspecified atom stereocenters. The number of carbonyl (C=O) groups is 3. The zero-order chi connectivity index (χ0) is 50.9. The van der Waals surface area contributed by atoms with Gasteiger partial charge in [-0.2, -0.15) is 0 Å². The van der Waals surface area contributed by atoms with Crippen LogP contribution < -0.4 is 24.2 Å². The van der Waals surface area contributed by atoms with Crippen molar-refractivity contribution >= 4 is 54.6 Å². The van der Waals surface area contributed by atoms with Gasteiger partial charge in [-0.3, -0.25) is 28.9 Å². The third-order valence-corrected chi connectivity index (χ3v) is 17.4. The van der Waals surface area contributed by atoms with E-state index in [0.717, 1.165) is 11.1 Å². The summed E-state index contributed by atoms with van der Waals surface area (Å²) in [5.41, 5.74) is 3.82. The summed E-state index contributed by atoms with van der Waals surface area (Å²) >= 11 is 0. The molecule has 15 heteroatoms. The van der Waals surface area contributed by atoms with Gasteiger partial charge >= 0.3 is 0 Å². The number of rotatable bonds is 11. The van der Waals surface area contributed by atoms with E-state index in [4.69, 9.17) is 14.2 Å². The molecule has 370 valence electrons. The third kappa shape index (κ3) is 7.77. The first kappa shape index (κ1) is 46.8. The number of benzene rings is 7. The van der Waals surface area contributed by atoms with Crippen LogP contribution in [0, 0.1) is 5.92 Å². The summed E-state index contributed by atoms with van der Waals surface area (Å²) in [5, 5.41) is 19.3. The van der Waals surface area contributed by atoms with Gasteiger partial charge in [0.1, 0.15) is 11.5 Å². The number of halogens is 1. The van der Waals surface area contributed by atoms with Gasteiger partial charge in [0.2, 0.25) is 8.41 Å². The Morgan fingerprint density at radius 2 is 1.26 bits per heavy atom. The summed E-state index contributed by atoms with van der Waals surface area (Å²) in [7, 11) is -3.64. The fourth-order valence-electron chi connectivity index (χ4n) is 11.6. The summed E-state index contributed by atoms with van der Waals surface area (Å²) in [6.45, 7) is 5.46. The molecule has 0 radical (unpaired) electrons. The lowest BCUT2D eigenvalue weighted by Gasteiger charge is -2.31. The van der Waals surface area contributed by atoms with Crippen LogP contribution in [-0.4, -0.2) is 58.9 Å².